The summed E-state index contributed by atoms with van der Waals surface area (Å²) in [6, 6.07) is 11.3. The third kappa shape index (κ3) is 3.59. The van der Waals surface area contributed by atoms with E-state index in [1.165, 1.54) is 12.1 Å². The molecule has 0 amide bonds. The number of hydrogen-bond donors (Lipinski definition) is 1. The van der Waals surface area contributed by atoms with Crippen molar-refractivity contribution in [2.45, 2.75) is 25.4 Å². The molecule has 120 valence electrons. The summed E-state index contributed by atoms with van der Waals surface area (Å²) in [4.78, 5) is 0. The zero-order valence-corrected chi connectivity index (χ0v) is 12.4. The van der Waals surface area contributed by atoms with E-state index in [0.717, 1.165) is 29.1 Å². The molecule has 0 bridgehead atoms. The van der Waals surface area contributed by atoms with Gasteiger partial charge >= 0.3 is 13.3 Å². The molecule has 1 N–H and O–H groups in total. The first kappa shape index (κ1) is 16.1. The summed E-state index contributed by atoms with van der Waals surface area (Å²) < 4.78 is 44.2. The van der Waals surface area contributed by atoms with Gasteiger partial charge in [0.15, 0.2) is 0 Å². The van der Waals surface area contributed by atoms with Crippen LogP contribution in [-0.2, 0) is 30.1 Å². The number of alkyl halides is 3. The summed E-state index contributed by atoms with van der Waals surface area (Å²) in [6.07, 6.45) is -2.82. The van der Waals surface area contributed by atoms with Crippen molar-refractivity contribution in [2.24, 2.45) is 0 Å². The zero-order chi connectivity index (χ0) is 16.4. The number of benzene rings is 2. The largest absolute Gasteiger partial charge is 0.491 e. The van der Waals surface area contributed by atoms with Crippen LogP contribution in [0.4, 0.5) is 13.2 Å². The van der Waals surface area contributed by atoms with Crippen molar-refractivity contribution in [3.05, 3.63) is 64.7 Å². The molecule has 0 saturated carbocycles. The highest BCUT2D eigenvalue weighted by molar-refractivity contribution is 6.60. The van der Waals surface area contributed by atoms with Crippen molar-refractivity contribution in [2.75, 3.05) is 6.61 Å². The van der Waals surface area contributed by atoms with Crippen LogP contribution in [0.15, 0.2) is 42.5 Å². The molecule has 3 rings (SSSR count). The first-order chi connectivity index (χ1) is 10.9. The summed E-state index contributed by atoms with van der Waals surface area (Å²) in [7, 11) is -0.943. The minimum absolute atomic E-state index is 0.287. The van der Waals surface area contributed by atoms with Gasteiger partial charge in [-0.3, -0.25) is 0 Å². The van der Waals surface area contributed by atoms with Gasteiger partial charge < -0.3 is 9.68 Å². The van der Waals surface area contributed by atoms with E-state index in [4.69, 9.17) is 4.65 Å². The van der Waals surface area contributed by atoms with Crippen molar-refractivity contribution in [3.8, 4) is 0 Å². The Morgan fingerprint density at radius 2 is 1.87 bits per heavy atom. The van der Waals surface area contributed by atoms with Crippen LogP contribution in [0.5, 0.6) is 0 Å². The van der Waals surface area contributed by atoms with Gasteiger partial charge in [-0.05, 0) is 47.5 Å². The summed E-state index contributed by atoms with van der Waals surface area (Å²) in [5.41, 5.74) is 2.35. The lowest BCUT2D eigenvalue weighted by Gasteiger charge is -2.20. The predicted molar refractivity (Wildman–Crippen MR) is 82.6 cm³/mol. The number of halogens is 3. The third-order valence-corrected chi connectivity index (χ3v) is 4.13. The molecular formula is C17H16BF3O2. The minimum Gasteiger partial charge on any atom is -0.423 e. The lowest BCUT2D eigenvalue weighted by molar-refractivity contribution is -0.138. The Morgan fingerprint density at radius 1 is 1.09 bits per heavy atom. The summed E-state index contributed by atoms with van der Waals surface area (Å²) in [5, 5.41) is 9.85. The maximum absolute atomic E-state index is 13.0. The first-order valence-corrected chi connectivity index (χ1v) is 7.51. The fraction of sp³-hybridized carbons (Fsp3) is 0.294. The SMILES string of the molecule is OB1OCCc2ccc(CCc3ccccc3C(F)(F)F)cc21. The van der Waals surface area contributed by atoms with E-state index < -0.39 is 18.9 Å². The van der Waals surface area contributed by atoms with Gasteiger partial charge in [-0.1, -0.05) is 36.4 Å². The molecule has 2 nitrogen and oxygen atoms in total. The van der Waals surface area contributed by atoms with Crippen LogP contribution in [-0.4, -0.2) is 18.7 Å². The molecule has 0 atom stereocenters. The molecule has 0 radical (unpaired) electrons. The van der Waals surface area contributed by atoms with Crippen LogP contribution < -0.4 is 5.46 Å². The predicted octanol–water partition coefficient (Wildman–Crippen LogP) is 2.75. The second kappa shape index (κ2) is 6.38. The monoisotopic (exact) mass is 320 g/mol. The average Bonchev–Trinajstić information content (AvgIpc) is 2.53. The van der Waals surface area contributed by atoms with Gasteiger partial charge in [0, 0.05) is 6.61 Å². The van der Waals surface area contributed by atoms with Crippen molar-refractivity contribution >= 4 is 12.6 Å². The lowest BCUT2D eigenvalue weighted by atomic mass is 9.73. The first-order valence-electron chi connectivity index (χ1n) is 7.51. The van der Waals surface area contributed by atoms with Crippen LogP contribution in [0, 0.1) is 0 Å². The fourth-order valence-electron chi connectivity index (χ4n) is 2.92. The van der Waals surface area contributed by atoms with Crippen LogP contribution in [0.1, 0.15) is 22.3 Å². The van der Waals surface area contributed by atoms with E-state index in [2.05, 4.69) is 0 Å². The summed E-state index contributed by atoms with van der Waals surface area (Å²) in [5.74, 6) is 0. The highest BCUT2D eigenvalue weighted by Gasteiger charge is 2.32. The van der Waals surface area contributed by atoms with Gasteiger partial charge in [0.05, 0.1) is 5.56 Å². The standard InChI is InChI=1S/C17H16BF3O2/c19-17(20,21)15-4-2-1-3-13(15)7-5-12-6-8-14-9-10-23-18(22)16(14)11-12/h1-4,6,8,11,22H,5,7,9-10H2. The summed E-state index contributed by atoms with van der Waals surface area (Å²) >= 11 is 0. The molecule has 1 aliphatic heterocycles. The number of aryl methyl sites for hydroxylation is 2. The Bertz CT molecular complexity index is 700. The quantitative estimate of drug-likeness (QED) is 0.881. The Hall–Kier alpha value is -1.79. The van der Waals surface area contributed by atoms with E-state index in [-0.39, 0.29) is 5.56 Å². The Kier molecular flexibility index (Phi) is 4.46. The molecule has 1 heterocycles. The molecule has 0 fully saturated rings. The van der Waals surface area contributed by atoms with E-state index in [0.29, 0.717) is 19.4 Å². The van der Waals surface area contributed by atoms with Crippen molar-refractivity contribution in [1.82, 2.24) is 0 Å². The molecule has 2 aromatic rings. The maximum Gasteiger partial charge on any atom is 0.491 e. The lowest BCUT2D eigenvalue weighted by Crippen LogP contribution is -2.41. The third-order valence-electron chi connectivity index (χ3n) is 4.13. The highest BCUT2D eigenvalue weighted by Crippen LogP contribution is 2.32. The normalized spacial score (nSPS) is 14.7. The molecule has 6 heteroatoms. The maximum atomic E-state index is 13.0. The van der Waals surface area contributed by atoms with Crippen molar-refractivity contribution < 1.29 is 22.8 Å². The highest BCUT2D eigenvalue weighted by atomic mass is 19.4. The summed E-state index contributed by atoms with van der Waals surface area (Å²) in [6.45, 7) is 0.479. The van der Waals surface area contributed by atoms with E-state index >= 15 is 0 Å². The zero-order valence-electron chi connectivity index (χ0n) is 12.4. The Morgan fingerprint density at radius 3 is 2.65 bits per heavy atom. The molecule has 23 heavy (non-hydrogen) atoms. The Labute approximate surface area is 133 Å². The molecule has 0 saturated heterocycles. The van der Waals surface area contributed by atoms with Gasteiger partial charge in [-0.15, -0.1) is 0 Å². The van der Waals surface area contributed by atoms with Crippen LogP contribution >= 0.6 is 0 Å². The number of rotatable bonds is 3. The van der Waals surface area contributed by atoms with Gasteiger partial charge in [0.1, 0.15) is 0 Å². The van der Waals surface area contributed by atoms with Crippen molar-refractivity contribution in [1.29, 1.82) is 0 Å². The second-order valence-electron chi connectivity index (χ2n) is 5.66. The van der Waals surface area contributed by atoms with Crippen LogP contribution in [0.25, 0.3) is 0 Å². The van der Waals surface area contributed by atoms with E-state index in [1.54, 1.807) is 6.07 Å². The van der Waals surface area contributed by atoms with E-state index in [9.17, 15) is 18.2 Å². The number of fused-ring (bicyclic) bond motifs is 1. The molecule has 1 aliphatic rings. The second-order valence-corrected chi connectivity index (χ2v) is 5.66. The molecule has 0 spiro atoms. The van der Waals surface area contributed by atoms with Gasteiger partial charge in [0.25, 0.3) is 0 Å². The van der Waals surface area contributed by atoms with Crippen LogP contribution in [0.3, 0.4) is 0 Å². The molecular weight excluding hydrogens is 304 g/mol. The van der Waals surface area contributed by atoms with Gasteiger partial charge in [-0.25, -0.2) is 0 Å². The molecule has 0 unspecified atom stereocenters. The molecule has 0 aromatic heterocycles. The van der Waals surface area contributed by atoms with E-state index in [1.807, 2.05) is 18.2 Å². The fourth-order valence-corrected chi connectivity index (χ4v) is 2.92. The molecule has 0 aliphatic carbocycles. The van der Waals surface area contributed by atoms with Gasteiger partial charge in [-0.2, -0.15) is 13.2 Å². The topological polar surface area (TPSA) is 29.5 Å². The Balaban J connectivity index is 1.78. The van der Waals surface area contributed by atoms with Crippen LogP contribution in [0.2, 0.25) is 0 Å². The smallest absolute Gasteiger partial charge is 0.423 e. The van der Waals surface area contributed by atoms with Gasteiger partial charge in [0.2, 0.25) is 0 Å². The minimum atomic E-state index is -4.34. The molecule has 2 aromatic carbocycles. The number of hydrogen-bond acceptors (Lipinski definition) is 2. The average molecular weight is 320 g/mol. The van der Waals surface area contributed by atoms with Crippen molar-refractivity contribution in [3.63, 3.8) is 0 Å².